The van der Waals surface area contributed by atoms with Gasteiger partial charge < -0.3 is 9.15 Å². The second-order valence-corrected chi connectivity index (χ2v) is 9.27. The van der Waals surface area contributed by atoms with Gasteiger partial charge in [0.15, 0.2) is 0 Å². The van der Waals surface area contributed by atoms with Gasteiger partial charge >= 0.3 is 0 Å². The molecule has 0 amide bonds. The van der Waals surface area contributed by atoms with Crippen molar-refractivity contribution in [3.63, 3.8) is 0 Å². The number of ether oxygens (including phenoxy) is 1. The fourth-order valence-electron chi connectivity index (χ4n) is 3.31. The molecule has 0 aliphatic carbocycles. The van der Waals surface area contributed by atoms with Crippen LogP contribution in [0.3, 0.4) is 0 Å². The van der Waals surface area contributed by atoms with Crippen LogP contribution in [0, 0.1) is 13.8 Å². The minimum absolute atomic E-state index is 0.0325. The maximum absolute atomic E-state index is 13.6. The third-order valence-corrected chi connectivity index (χ3v) is 6.96. The number of hydrogen-bond acceptors (Lipinski definition) is 5. The molecule has 0 radical (unpaired) electrons. The molecule has 0 unspecified atom stereocenters. The second kappa shape index (κ2) is 8.88. The van der Waals surface area contributed by atoms with E-state index in [4.69, 9.17) is 9.15 Å². The number of benzene rings is 3. The molecule has 4 rings (SSSR count). The van der Waals surface area contributed by atoms with Crippen LogP contribution in [0.5, 0.6) is 5.75 Å². The number of nitrogens with zero attached hydrogens (tertiary/aromatic N) is 2. The molecule has 0 bridgehead atoms. The third kappa shape index (κ3) is 4.38. The predicted molar refractivity (Wildman–Crippen MR) is 124 cm³/mol. The van der Waals surface area contributed by atoms with E-state index >= 15 is 0 Å². The molecule has 0 saturated heterocycles. The van der Waals surface area contributed by atoms with Crippen molar-refractivity contribution in [2.45, 2.75) is 25.3 Å². The van der Waals surface area contributed by atoms with Crippen LogP contribution in [0.4, 0.5) is 5.69 Å². The number of oxazole rings is 1. The van der Waals surface area contributed by atoms with Crippen LogP contribution >= 0.6 is 0 Å². The van der Waals surface area contributed by atoms with Gasteiger partial charge in [-0.05, 0) is 62.4 Å². The summed E-state index contributed by atoms with van der Waals surface area (Å²) in [4.78, 5) is 4.82. The van der Waals surface area contributed by atoms with Crippen molar-refractivity contribution in [2.24, 2.45) is 0 Å². The number of aryl methyl sites for hydroxylation is 2. The quantitative estimate of drug-likeness (QED) is 0.380. The topological polar surface area (TPSA) is 72.6 Å². The summed E-state index contributed by atoms with van der Waals surface area (Å²) in [6.45, 7) is 3.84. The summed E-state index contributed by atoms with van der Waals surface area (Å²) in [6, 6.07) is 23.1. The zero-order valence-electron chi connectivity index (χ0n) is 18.1. The largest absolute Gasteiger partial charge is 0.497 e. The number of sulfonamides is 1. The first-order valence-electron chi connectivity index (χ1n) is 10.1. The lowest BCUT2D eigenvalue weighted by atomic mass is 10.1. The number of methoxy groups -OCH3 is 1. The van der Waals surface area contributed by atoms with Crippen LogP contribution < -0.4 is 9.04 Å². The first-order valence-corrected chi connectivity index (χ1v) is 11.6. The van der Waals surface area contributed by atoms with Gasteiger partial charge in [0, 0.05) is 5.56 Å². The smallest absolute Gasteiger partial charge is 0.264 e. The highest BCUT2D eigenvalue weighted by Crippen LogP contribution is 2.30. The van der Waals surface area contributed by atoms with Gasteiger partial charge in [-0.2, -0.15) is 0 Å². The highest BCUT2D eigenvalue weighted by atomic mass is 32.2. The Bertz CT molecular complexity index is 1300. The van der Waals surface area contributed by atoms with Gasteiger partial charge in [-0.15, -0.1) is 0 Å². The molecule has 0 fully saturated rings. The summed E-state index contributed by atoms with van der Waals surface area (Å²) in [7, 11) is -2.27. The van der Waals surface area contributed by atoms with E-state index in [0.717, 1.165) is 11.1 Å². The molecular weight excluding hydrogens is 424 g/mol. The van der Waals surface area contributed by atoms with Gasteiger partial charge in [0.05, 0.1) is 24.2 Å². The summed E-state index contributed by atoms with van der Waals surface area (Å²) in [5, 5.41) is 0. The Labute approximate surface area is 188 Å². The maximum Gasteiger partial charge on any atom is 0.264 e. The lowest BCUT2D eigenvalue weighted by Gasteiger charge is -2.24. The molecule has 0 N–H and O–H groups in total. The number of aromatic nitrogens is 1. The molecule has 3 aromatic carbocycles. The zero-order valence-corrected chi connectivity index (χ0v) is 19.0. The fourth-order valence-corrected chi connectivity index (χ4v) is 4.76. The van der Waals surface area contributed by atoms with Crippen molar-refractivity contribution in [3.8, 4) is 17.2 Å². The van der Waals surface area contributed by atoms with Gasteiger partial charge in [0.2, 0.25) is 5.89 Å². The van der Waals surface area contributed by atoms with E-state index in [1.807, 2.05) is 31.2 Å². The highest BCUT2D eigenvalue weighted by molar-refractivity contribution is 7.92. The molecule has 7 heteroatoms. The third-order valence-electron chi connectivity index (χ3n) is 5.18. The van der Waals surface area contributed by atoms with E-state index in [-0.39, 0.29) is 11.4 Å². The van der Waals surface area contributed by atoms with E-state index in [2.05, 4.69) is 4.98 Å². The van der Waals surface area contributed by atoms with Gasteiger partial charge in [-0.3, -0.25) is 4.31 Å². The van der Waals surface area contributed by atoms with Crippen molar-refractivity contribution in [1.29, 1.82) is 0 Å². The molecule has 32 heavy (non-hydrogen) atoms. The van der Waals surface area contributed by atoms with Crippen LogP contribution in [-0.4, -0.2) is 20.5 Å². The molecule has 0 aliphatic rings. The fraction of sp³-hybridized carbons (Fsp3) is 0.160. The highest BCUT2D eigenvalue weighted by Gasteiger charge is 2.27. The molecule has 6 nitrogen and oxygen atoms in total. The Morgan fingerprint density at radius 2 is 1.56 bits per heavy atom. The first kappa shape index (κ1) is 21.6. The SMILES string of the molecule is COc1ccc(N(Cc2nc(-c3ccc(C)cc3)oc2C)S(=O)(=O)c2ccccc2)cc1. The van der Waals surface area contributed by atoms with Crippen molar-refractivity contribution in [2.75, 3.05) is 11.4 Å². The van der Waals surface area contributed by atoms with Crippen LogP contribution in [0.2, 0.25) is 0 Å². The minimum Gasteiger partial charge on any atom is -0.497 e. The summed E-state index contributed by atoms with van der Waals surface area (Å²) < 4.78 is 39.5. The van der Waals surface area contributed by atoms with Crippen molar-refractivity contribution in [3.05, 3.63) is 95.9 Å². The average Bonchev–Trinajstić information content (AvgIpc) is 3.18. The first-order chi connectivity index (χ1) is 15.4. The van der Waals surface area contributed by atoms with Crippen molar-refractivity contribution in [1.82, 2.24) is 4.98 Å². The average molecular weight is 449 g/mol. The van der Waals surface area contributed by atoms with Gasteiger partial charge in [-0.1, -0.05) is 35.9 Å². The number of rotatable bonds is 7. The molecule has 0 saturated carbocycles. The van der Waals surface area contributed by atoms with Gasteiger partial charge in [0.25, 0.3) is 10.0 Å². The molecule has 0 atom stereocenters. The molecular formula is C25H24N2O4S. The predicted octanol–water partition coefficient (Wildman–Crippen LogP) is 5.36. The number of anilines is 1. The molecule has 1 aromatic heterocycles. The van der Waals surface area contributed by atoms with Crippen molar-refractivity contribution < 1.29 is 17.6 Å². The normalized spacial score (nSPS) is 11.3. The second-order valence-electron chi connectivity index (χ2n) is 7.41. The van der Waals surface area contributed by atoms with Crippen LogP contribution in [0.1, 0.15) is 17.0 Å². The molecule has 0 aliphatic heterocycles. The number of hydrogen-bond donors (Lipinski definition) is 0. The van der Waals surface area contributed by atoms with Crippen molar-refractivity contribution >= 4 is 15.7 Å². The summed E-state index contributed by atoms with van der Waals surface area (Å²) >= 11 is 0. The lowest BCUT2D eigenvalue weighted by molar-refractivity contribution is 0.415. The maximum atomic E-state index is 13.6. The van der Waals surface area contributed by atoms with Crippen LogP contribution in [-0.2, 0) is 16.6 Å². The summed E-state index contributed by atoms with van der Waals surface area (Å²) in [6.07, 6.45) is 0. The minimum atomic E-state index is -3.84. The Morgan fingerprint density at radius 1 is 0.906 bits per heavy atom. The molecule has 4 aromatic rings. The van der Waals surface area contributed by atoms with E-state index in [0.29, 0.717) is 28.8 Å². The van der Waals surface area contributed by atoms with E-state index in [1.165, 1.54) is 4.31 Å². The Balaban J connectivity index is 1.75. The monoisotopic (exact) mass is 448 g/mol. The molecule has 164 valence electrons. The Hall–Kier alpha value is -3.58. The van der Waals surface area contributed by atoms with Crippen LogP contribution in [0.25, 0.3) is 11.5 Å². The van der Waals surface area contributed by atoms with E-state index in [9.17, 15) is 8.42 Å². The molecule has 0 spiro atoms. The van der Waals surface area contributed by atoms with Gasteiger partial charge in [-0.25, -0.2) is 13.4 Å². The van der Waals surface area contributed by atoms with E-state index in [1.54, 1.807) is 68.6 Å². The van der Waals surface area contributed by atoms with Gasteiger partial charge in [0.1, 0.15) is 17.2 Å². The summed E-state index contributed by atoms with van der Waals surface area (Å²) in [5.74, 6) is 1.68. The summed E-state index contributed by atoms with van der Waals surface area (Å²) in [5.41, 5.74) is 3.04. The standard InChI is InChI=1S/C25H24N2O4S/c1-18-9-11-20(12-10-18)25-26-24(19(2)31-25)17-27(21-13-15-22(30-3)16-14-21)32(28,29)23-7-5-4-6-8-23/h4-16H,17H2,1-3H3. The Kier molecular flexibility index (Phi) is 6.01. The Morgan fingerprint density at radius 3 is 2.19 bits per heavy atom. The zero-order chi connectivity index (χ0) is 22.7. The van der Waals surface area contributed by atoms with E-state index < -0.39 is 10.0 Å². The van der Waals surface area contributed by atoms with Crippen LogP contribution in [0.15, 0.2) is 88.2 Å². The molecule has 1 heterocycles. The lowest BCUT2D eigenvalue weighted by Crippen LogP contribution is -2.31.